The fourth-order valence-corrected chi connectivity index (χ4v) is 5.15. The minimum Gasteiger partial charge on any atom is -0.428 e. The molecule has 0 aliphatic carbocycles. The van der Waals surface area contributed by atoms with Crippen LogP contribution in [-0.4, -0.2) is 68.4 Å². The van der Waals surface area contributed by atoms with Gasteiger partial charge in [-0.3, -0.25) is 18.9 Å². The Balaban J connectivity index is 1.48. The summed E-state index contributed by atoms with van der Waals surface area (Å²) < 4.78 is 64.2. The number of phosphoric acid groups is 1. The summed E-state index contributed by atoms with van der Waals surface area (Å²) >= 11 is 5.76. The molecule has 2 aliphatic heterocycles. The largest absolute Gasteiger partial charge is 0.469 e. The molecule has 44 heavy (non-hydrogen) atoms. The van der Waals surface area contributed by atoms with Crippen molar-refractivity contribution in [2.45, 2.75) is 71.3 Å². The van der Waals surface area contributed by atoms with Crippen LogP contribution < -0.4 is 5.32 Å². The van der Waals surface area contributed by atoms with E-state index in [4.69, 9.17) is 30.9 Å². The smallest absolute Gasteiger partial charge is 0.428 e. The van der Waals surface area contributed by atoms with Gasteiger partial charge >= 0.3 is 32.1 Å². The van der Waals surface area contributed by atoms with E-state index in [0.29, 0.717) is 5.56 Å². The Labute approximate surface area is 254 Å². The maximum Gasteiger partial charge on any atom is 0.469 e. The average molecular weight is 672 g/mol. The number of amides is 5. The maximum absolute atomic E-state index is 13.2. The van der Waals surface area contributed by atoms with Crippen LogP contribution >= 0.6 is 19.4 Å². The Bertz CT molecular complexity index is 1400. The van der Waals surface area contributed by atoms with Crippen molar-refractivity contribution in [2.24, 2.45) is 5.41 Å². The standard InChI is InChI=1S/C25H30ClF3N3O11P/c1-23(2,6-7-43-44(38,39)40)10-19(34)41-13-42-22(37)32-20(35)24(3,30-21(32)36)5-4-18(33)31-11-14-8-16(25(27,28)29)17(26)9-15(14)12-31/h8-9H,4-7,10-13H2,1-3H3,(H,30,36)(H2,38,39,40)/t24-/m1/s1. The molecular formula is C25H30ClF3N3O11P. The molecular weight excluding hydrogens is 642 g/mol. The quantitative estimate of drug-likeness (QED) is 0.134. The SMILES string of the molecule is CC(C)(CCOP(=O)(O)O)CC(=O)OCOC(=O)N1C(=O)N[C@](C)(CCC(=O)N2Cc3cc(Cl)c(C(F)(F)F)cc3C2)C1=O. The van der Waals surface area contributed by atoms with Gasteiger partial charge in [-0.05, 0) is 48.4 Å². The molecule has 1 aromatic carbocycles. The molecule has 1 aromatic rings. The van der Waals surface area contributed by atoms with E-state index in [9.17, 15) is 41.7 Å². The van der Waals surface area contributed by atoms with Gasteiger partial charge in [0, 0.05) is 19.5 Å². The van der Waals surface area contributed by atoms with Gasteiger partial charge in [0.1, 0.15) is 5.54 Å². The van der Waals surface area contributed by atoms with Gasteiger partial charge < -0.3 is 29.5 Å². The van der Waals surface area contributed by atoms with Crippen LogP contribution in [0.15, 0.2) is 12.1 Å². The number of carbonyl (C=O) groups excluding carboxylic acids is 5. The molecule has 2 aliphatic rings. The molecule has 0 bridgehead atoms. The number of nitrogens with zero attached hydrogens (tertiary/aromatic N) is 2. The summed E-state index contributed by atoms with van der Waals surface area (Å²) in [4.78, 5) is 81.6. The number of ether oxygens (including phenoxy) is 2. The first-order valence-corrected chi connectivity index (χ1v) is 14.9. The third kappa shape index (κ3) is 8.91. The number of urea groups is 1. The predicted octanol–water partition coefficient (Wildman–Crippen LogP) is 3.84. The average Bonchev–Trinajstić information content (AvgIpc) is 3.37. The molecule has 0 radical (unpaired) electrons. The van der Waals surface area contributed by atoms with Crippen molar-refractivity contribution in [2.75, 3.05) is 13.4 Å². The van der Waals surface area contributed by atoms with Crippen LogP contribution in [0.4, 0.5) is 22.8 Å². The fourth-order valence-electron chi connectivity index (χ4n) is 4.53. The lowest BCUT2D eigenvalue weighted by Crippen LogP contribution is -2.45. The molecule has 1 fully saturated rings. The number of imide groups is 3. The van der Waals surface area contributed by atoms with Gasteiger partial charge in [-0.1, -0.05) is 25.4 Å². The second kappa shape index (κ2) is 13.0. The molecule has 14 nitrogen and oxygen atoms in total. The zero-order valence-corrected chi connectivity index (χ0v) is 25.4. The zero-order valence-electron chi connectivity index (χ0n) is 23.7. The van der Waals surface area contributed by atoms with Crippen LogP contribution in [0.25, 0.3) is 0 Å². The minimum atomic E-state index is -4.67. The Morgan fingerprint density at radius 1 is 1.11 bits per heavy atom. The summed E-state index contributed by atoms with van der Waals surface area (Å²) in [5.74, 6) is -2.40. The first-order chi connectivity index (χ1) is 20.1. The number of hydrogen-bond donors (Lipinski definition) is 3. The van der Waals surface area contributed by atoms with Crippen molar-refractivity contribution in [3.8, 4) is 0 Å². The molecule has 0 unspecified atom stereocenters. The summed E-state index contributed by atoms with van der Waals surface area (Å²) in [5, 5.41) is 1.82. The number of esters is 1. The van der Waals surface area contributed by atoms with Crippen molar-refractivity contribution in [3.05, 3.63) is 33.8 Å². The van der Waals surface area contributed by atoms with E-state index in [0.717, 1.165) is 12.1 Å². The number of nitrogens with one attached hydrogen (secondary N) is 1. The summed E-state index contributed by atoms with van der Waals surface area (Å²) in [6.45, 7) is 3.09. The monoisotopic (exact) mass is 671 g/mol. The van der Waals surface area contributed by atoms with Crippen LogP contribution in [0.2, 0.25) is 5.02 Å². The zero-order chi connectivity index (χ0) is 33.3. The molecule has 0 saturated carbocycles. The Morgan fingerprint density at radius 3 is 2.32 bits per heavy atom. The lowest BCUT2D eigenvalue weighted by Gasteiger charge is -2.23. The number of halogens is 4. The van der Waals surface area contributed by atoms with Crippen molar-refractivity contribution >= 4 is 49.3 Å². The number of phosphoric ester groups is 1. The number of benzene rings is 1. The number of carbonyl (C=O) groups is 5. The van der Waals surface area contributed by atoms with Gasteiger partial charge in [-0.15, -0.1) is 0 Å². The predicted molar refractivity (Wildman–Crippen MR) is 142 cm³/mol. The van der Waals surface area contributed by atoms with Gasteiger partial charge in [-0.25, -0.2) is 14.2 Å². The molecule has 3 rings (SSSR count). The number of alkyl halides is 3. The number of hydrogen-bond acceptors (Lipinski definition) is 9. The molecule has 5 amide bonds. The molecule has 0 aromatic heterocycles. The van der Waals surface area contributed by atoms with Crippen LogP contribution in [0.3, 0.4) is 0 Å². The van der Waals surface area contributed by atoms with Crippen molar-refractivity contribution in [1.82, 2.24) is 15.1 Å². The molecule has 1 saturated heterocycles. The second-order valence-corrected chi connectivity index (χ2v) is 12.9. The highest BCUT2D eigenvalue weighted by Crippen LogP contribution is 2.39. The molecule has 1 atom stereocenters. The van der Waals surface area contributed by atoms with Crippen LogP contribution in [-0.2, 0) is 52.2 Å². The van der Waals surface area contributed by atoms with Gasteiger partial charge in [0.15, 0.2) is 0 Å². The number of rotatable bonds is 11. The van der Waals surface area contributed by atoms with Gasteiger partial charge in [0.2, 0.25) is 12.7 Å². The van der Waals surface area contributed by atoms with E-state index in [-0.39, 0.29) is 55.8 Å². The lowest BCUT2D eigenvalue weighted by molar-refractivity contribution is -0.154. The molecule has 244 valence electrons. The maximum atomic E-state index is 13.2. The molecule has 19 heteroatoms. The van der Waals surface area contributed by atoms with E-state index in [1.807, 2.05) is 0 Å². The normalized spacial score (nSPS) is 18.8. The molecule has 2 heterocycles. The summed E-state index contributed by atoms with van der Waals surface area (Å²) in [6, 6.07) is 0.900. The van der Waals surface area contributed by atoms with Crippen LogP contribution in [0.5, 0.6) is 0 Å². The Morgan fingerprint density at radius 2 is 1.73 bits per heavy atom. The highest BCUT2D eigenvalue weighted by Gasteiger charge is 2.51. The van der Waals surface area contributed by atoms with E-state index in [1.165, 1.54) is 11.8 Å². The fraction of sp³-hybridized carbons (Fsp3) is 0.560. The minimum absolute atomic E-state index is 0.00141. The van der Waals surface area contributed by atoms with E-state index in [2.05, 4.69) is 9.84 Å². The topological polar surface area (TPSA) is 189 Å². The highest BCUT2D eigenvalue weighted by atomic mass is 35.5. The van der Waals surface area contributed by atoms with Crippen molar-refractivity contribution in [1.29, 1.82) is 0 Å². The van der Waals surface area contributed by atoms with Gasteiger partial charge in [0.25, 0.3) is 5.91 Å². The third-order valence-corrected chi connectivity index (χ3v) is 7.85. The van der Waals surface area contributed by atoms with Crippen molar-refractivity contribution < 1.29 is 65.5 Å². The van der Waals surface area contributed by atoms with Crippen LogP contribution in [0.1, 0.15) is 63.1 Å². The highest BCUT2D eigenvalue weighted by molar-refractivity contribution is 7.46. The van der Waals surface area contributed by atoms with Gasteiger partial charge in [-0.2, -0.15) is 18.1 Å². The number of fused-ring (bicyclic) bond motifs is 1. The molecule has 3 N–H and O–H groups in total. The molecule has 0 spiro atoms. The first-order valence-electron chi connectivity index (χ1n) is 13.0. The second-order valence-electron chi connectivity index (χ2n) is 11.2. The van der Waals surface area contributed by atoms with E-state index in [1.54, 1.807) is 13.8 Å². The van der Waals surface area contributed by atoms with Gasteiger partial charge in [0.05, 0.1) is 23.6 Å². The van der Waals surface area contributed by atoms with E-state index >= 15 is 0 Å². The van der Waals surface area contributed by atoms with Crippen LogP contribution in [0, 0.1) is 5.41 Å². The third-order valence-electron chi connectivity index (χ3n) is 7.02. The van der Waals surface area contributed by atoms with E-state index < -0.39 is 72.2 Å². The Kier molecular flexibility index (Phi) is 10.4. The summed E-state index contributed by atoms with van der Waals surface area (Å²) in [7, 11) is -4.67. The Hall–Kier alpha value is -3.24. The summed E-state index contributed by atoms with van der Waals surface area (Å²) in [6.07, 6.45) is -6.84. The lowest BCUT2D eigenvalue weighted by atomic mass is 9.86. The van der Waals surface area contributed by atoms with Crippen molar-refractivity contribution in [3.63, 3.8) is 0 Å². The summed E-state index contributed by atoms with van der Waals surface area (Å²) in [5.41, 5.74) is -2.80. The first kappa shape index (κ1) is 35.2.